The van der Waals surface area contributed by atoms with Crippen LogP contribution in [0.5, 0.6) is 0 Å². The molecule has 46 valence electrons. The van der Waals surface area contributed by atoms with E-state index in [2.05, 4.69) is 25.8 Å². The third-order valence-electron chi connectivity index (χ3n) is 1.48. The summed E-state index contributed by atoms with van der Waals surface area (Å²) in [6.07, 6.45) is 1.89. The summed E-state index contributed by atoms with van der Waals surface area (Å²) < 4.78 is 0. The molecule has 0 aromatic carbocycles. The van der Waals surface area contributed by atoms with E-state index < -0.39 is 0 Å². The fourth-order valence-corrected chi connectivity index (χ4v) is 0.784. The Morgan fingerprint density at radius 1 is 1.44 bits per heavy atom. The smallest absolute Gasteiger partial charge is 0.141 e. The Labute approximate surface area is 56.5 Å². The van der Waals surface area contributed by atoms with E-state index in [-0.39, 0.29) is 0 Å². The molecule has 0 atom stereocenters. The van der Waals surface area contributed by atoms with Crippen molar-refractivity contribution in [1.29, 1.82) is 0 Å². The first-order valence-corrected chi connectivity index (χ1v) is 3.10. The second-order valence-electron chi connectivity index (χ2n) is 2.41. The van der Waals surface area contributed by atoms with Gasteiger partial charge in [-0.15, -0.1) is 0 Å². The number of aromatic nitrogens is 1. The van der Waals surface area contributed by atoms with Crippen molar-refractivity contribution in [2.75, 3.05) is 0 Å². The van der Waals surface area contributed by atoms with Crippen molar-refractivity contribution in [2.45, 2.75) is 13.8 Å². The van der Waals surface area contributed by atoms with Crippen molar-refractivity contribution < 1.29 is 0 Å². The Hall–Kier alpha value is -0.785. The first-order valence-electron chi connectivity index (χ1n) is 3.10. The van der Waals surface area contributed by atoms with Gasteiger partial charge in [0, 0.05) is 11.9 Å². The number of pyridine rings is 1. The van der Waals surface area contributed by atoms with Gasteiger partial charge in [-0.1, -0.05) is 11.5 Å². The van der Waals surface area contributed by atoms with Crippen LogP contribution >= 0.6 is 0 Å². The Kier molecular flexibility index (Phi) is 1.56. The fraction of sp³-hybridized carbons (Fsp3) is 0.286. The van der Waals surface area contributed by atoms with Crippen LogP contribution < -0.4 is 5.46 Å². The normalized spacial score (nSPS) is 9.56. The molecule has 1 rings (SSSR count). The van der Waals surface area contributed by atoms with Crippen LogP contribution in [0.1, 0.15) is 11.3 Å². The molecule has 1 nitrogen and oxygen atoms in total. The highest BCUT2D eigenvalue weighted by molar-refractivity contribution is 6.33. The quantitative estimate of drug-likeness (QED) is 0.436. The van der Waals surface area contributed by atoms with E-state index in [9.17, 15) is 0 Å². The van der Waals surface area contributed by atoms with Gasteiger partial charge in [0.15, 0.2) is 0 Å². The van der Waals surface area contributed by atoms with Crippen LogP contribution in [0, 0.1) is 13.8 Å². The predicted molar refractivity (Wildman–Crippen MR) is 41.9 cm³/mol. The molecule has 0 bridgehead atoms. The lowest BCUT2D eigenvalue weighted by Crippen LogP contribution is -2.08. The minimum absolute atomic E-state index is 1.13. The largest absolute Gasteiger partial charge is 0.262 e. The maximum absolute atomic E-state index is 4.18. The summed E-state index contributed by atoms with van der Waals surface area (Å²) in [5.74, 6) is 0. The van der Waals surface area contributed by atoms with E-state index in [0.29, 0.717) is 0 Å². The van der Waals surface area contributed by atoms with Crippen LogP contribution in [0.4, 0.5) is 0 Å². The molecule has 1 heterocycles. The van der Waals surface area contributed by atoms with Crippen molar-refractivity contribution in [1.82, 2.24) is 4.98 Å². The Morgan fingerprint density at radius 2 is 2.11 bits per heavy atom. The first kappa shape index (κ1) is 6.34. The minimum atomic E-state index is 1.13. The molecule has 0 amide bonds. The third kappa shape index (κ3) is 1.32. The summed E-state index contributed by atoms with van der Waals surface area (Å²) in [6.45, 7) is 4.08. The molecule has 0 unspecified atom stereocenters. The van der Waals surface area contributed by atoms with E-state index in [1.165, 1.54) is 11.0 Å². The zero-order valence-electron chi connectivity index (χ0n) is 6.10. The molecular weight excluding hydrogens is 109 g/mol. The standard InChI is InChI=1S/C7H10BN/c1-5-3-7(8)6(2)9-4-5/h3-4H,8H2,1-2H3. The molecule has 1 aromatic rings. The number of nitrogens with zero attached hydrogens (tertiary/aromatic N) is 1. The second kappa shape index (κ2) is 2.22. The highest BCUT2D eigenvalue weighted by Crippen LogP contribution is 1.91. The van der Waals surface area contributed by atoms with E-state index in [1.807, 2.05) is 13.1 Å². The molecule has 0 aliphatic rings. The van der Waals surface area contributed by atoms with Gasteiger partial charge in [0.1, 0.15) is 7.85 Å². The average molecular weight is 119 g/mol. The molecule has 9 heavy (non-hydrogen) atoms. The lowest BCUT2D eigenvalue weighted by Gasteiger charge is -1.97. The van der Waals surface area contributed by atoms with Crippen molar-refractivity contribution in [3.05, 3.63) is 23.5 Å². The predicted octanol–water partition coefficient (Wildman–Crippen LogP) is -0.0432. The molecule has 0 spiro atoms. The Bertz CT molecular complexity index is 220. The lowest BCUT2D eigenvalue weighted by molar-refractivity contribution is 1.19. The van der Waals surface area contributed by atoms with Crippen LogP contribution in [0.3, 0.4) is 0 Å². The second-order valence-corrected chi connectivity index (χ2v) is 2.41. The summed E-state index contributed by atoms with van der Waals surface area (Å²) >= 11 is 0. The minimum Gasteiger partial charge on any atom is -0.262 e. The van der Waals surface area contributed by atoms with Gasteiger partial charge in [-0.3, -0.25) is 4.98 Å². The molecule has 0 radical (unpaired) electrons. The van der Waals surface area contributed by atoms with Gasteiger partial charge < -0.3 is 0 Å². The number of aryl methyl sites for hydroxylation is 2. The molecule has 0 saturated carbocycles. The van der Waals surface area contributed by atoms with Gasteiger partial charge >= 0.3 is 0 Å². The van der Waals surface area contributed by atoms with E-state index in [1.54, 1.807) is 0 Å². The molecule has 2 heteroatoms. The summed E-state index contributed by atoms with van der Waals surface area (Å²) in [7, 11) is 2.08. The molecule has 0 aliphatic carbocycles. The van der Waals surface area contributed by atoms with Crippen LogP contribution in [0.2, 0.25) is 0 Å². The van der Waals surface area contributed by atoms with Crippen molar-refractivity contribution >= 4 is 13.3 Å². The monoisotopic (exact) mass is 119 g/mol. The van der Waals surface area contributed by atoms with Gasteiger partial charge in [0.05, 0.1) is 0 Å². The molecule has 0 aliphatic heterocycles. The third-order valence-corrected chi connectivity index (χ3v) is 1.48. The van der Waals surface area contributed by atoms with E-state index in [4.69, 9.17) is 0 Å². The van der Waals surface area contributed by atoms with Crippen molar-refractivity contribution in [3.63, 3.8) is 0 Å². The highest BCUT2D eigenvalue weighted by Gasteiger charge is 1.90. The molecule has 0 fully saturated rings. The Balaban J connectivity index is 3.17. The van der Waals surface area contributed by atoms with E-state index >= 15 is 0 Å². The van der Waals surface area contributed by atoms with Crippen LogP contribution in [-0.2, 0) is 0 Å². The number of hydrogen-bond donors (Lipinski definition) is 0. The SMILES string of the molecule is Bc1cc(C)cnc1C. The molecule has 1 aromatic heterocycles. The van der Waals surface area contributed by atoms with Crippen LogP contribution in [0.15, 0.2) is 12.3 Å². The topological polar surface area (TPSA) is 12.9 Å². The Morgan fingerprint density at radius 3 is 2.56 bits per heavy atom. The van der Waals surface area contributed by atoms with Crippen molar-refractivity contribution in [3.8, 4) is 0 Å². The highest BCUT2D eigenvalue weighted by atomic mass is 14.7. The maximum atomic E-state index is 4.18. The average Bonchev–Trinajstić information content (AvgIpc) is 1.80. The van der Waals surface area contributed by atoms with Crippen LogP contribution in [-0.4, -0.2) is 12.8 Å². The molecular formula is C7H10BN. The van der Waals surface area contributed by atoms with Gasteiger partial charge in [-0.25, -0.2) is 0 Å². The first-order chi connectivity index (χ1) is 4.20. The zero-order valence-corrected chi connectivity index (χ0v) is 6.10. The van der Waals surface area contributed by atoms with Crippen molar-refractivity contribution in [2.24, 2.45) is 0 Å². The van der Waals surface area contributed by atoms with Gasteiger partial charge in [0.2, 0.25) is 0 Å². The number of hydrogen-bond acceptors (Lipinski definition) is 1. The van der Waals surface area contributed by atoms with E-state index in [0.717, 1.165) is 5.69 Å². The summed E-state index contributed by atoms with van der Waals surface area (Å²) in [4.78, 5) is 4.18. The van der Waals surface area contributed by atoms with Gasteiger partial charge in [-0.05, 0) is 19.4 Å². The summed E-state index contributed by atoms with van der Waals surface area (Å²) in [6, 6.07) is 2.14. The lowest BCUT2D eigenvalue weighted by atomic mass is 9.94. The maximum Gasteiger partial charge on any atom is 0.141 e. The molecule has 0 saturated heterocycles. The van der Waals surface area contributed by atoms with Crippen LogP contribution in [0.25, 0.3) is 0 Å². The van der Waals surface area contributed by atoms with Gasteiger partial charge in [-0.2, -0.15) is 0 Å². The summed E-state index contributed by atoms with van der Waals surface area (Å²) in [5, 5.41) is 0. The van der Waals surface area contributed by atoms with Gasteiger partial charge in [0.25, 0.3) is 0 Å². The molecule has 0 N–H and O–H groups in total. The summed E-state index contributed by atoms with van der Waals surface area (Å²) in [5.41, 5.74) is 3.63. The zero-order chi connectivity index (χ0) is 6.85. The fourth-order valence-electron chi connectivity index (χ4n) is 0.784. The number of rotatable bonds is 0.